The molecular weight excluding hydrogens is 226 g/mol. The molecule has 2 aromatic rings. The first kappa shape index (κ1) is 11.2. The molecule has 2 heterocycles. The summed E-state index contributed by atoms with van der Waals surface area (Å²) in [6.45, 7) is 1.52. The van der Waals surface area contributed by atoms with Gasteiger partial charge in [-0.15, -0.1) is 5.10 Å². The molecule has 0 aliphatic heterocycles. The normalized spacial score (nSPS) is 10.9. The number of aromatic nitrogens is 3. The molecule has 0 spiro atoms. The van der Waals surface area contributed by atoms with Crippen LogP contribution in [0.1, 0.15) is 6.42 Å². The Morgan fingerprint density at radius 3 is 3.06 bits per heavy atom. The van der Waals surface area contributed by atoms with E-state index in [1.807, 2.05) is 18.0 Å². The lowest BCUT2D eigenvalue weighted by molar-refractivity contribution is 0.772. The molecule has 5 nitrogen and oxygen atoms in total. The van der Waals surface area contributed by atoms with E-state index in [2.05, 4.69) is 10.1 Å². The molecule has 0 aliphatic rings. The monoisotopic (exact) mass is 239 g/mol. The molecule has 6 heteroatoms. The molecule has 0 atom stereocenters. The van der Waals surface area contributed by atoms with Gasteiger partial charge in [0, 0.05) is 19.8 Å². The summed E-state index contributed by atoms with van der Waals surface area (Å²) in [7, 11) is 1.95. The van der Waals surface area contributed by atoms with Gasteiger partial charge >= 0.3 is 0 Å². The minimum Gasteiger partial charge on any atom is -0.343 e. The van der Waals surface area contributed by atoms with Crippen molar-refractivity contribution in [2.75, 3.05) is 25.0 Å². The Kier molecular flexibility index (Phi) is 3.26. The van der Waals surface area contributed by atoms with Gasteiger partial charge in [-0.1, -0.05) is 11.6 Å². The second-order valence-electron chi connectivity index (χ2n) is 3.63. The fourth-order valence-electron chi connectivity index (χ4n) is 1.44. The summed E-state index contributed by atoms with van der Waals surface area (Å²) >= 11 is 5.87. The van der Waals surface area contributed by atoms with E-state index in [0.29, 0.717) is 17.5 Å². The molecule has 86 valence electrons. The maximum Gasteiger partial charge on any atom is 0.245 e. The van der Waals surface area contributed by atoms with Gasteiger partial charge in [-0.25, -0.2) is 4.52 Å². The standard InChI is InChI=1S/C10H14ClN5/c1-15(6-2-5-12)10-13-9-4-3-8(11)7-16(9)14-10/h3-4,7H,2,5-6,12H2,1H3. The molecule has 0 aromatic carbocycles. The van der Waals surface area contributed by atoms with Crippen molar-refractivity contribution < 1.29 is 0 Å². The number of hydrogen-bond donors (Lipinski definition) is 1. The van der Waals surface area contributed by atoms with Crippen LogP contribution >= 0.6 is 11.6 Å². The van der Waals surface area contributed by atoms with Crippen LogP contribution in [0.2, 0.25) is 5.02 Å². The Morgan fingerprint density at radius 2 is 2.31 bits per heavy atom. The summed E-state index contributed by atoms with van der Waals surface area (Å²) in [4.78, 5) is 6.36. The molecular formula is C10H14ClN5. The minimum absolute atomic E-state index is 0.647. The highest BCUT2D eigenvalue weighted by molar-refractivity contribution is 6.30. The topological polar surface area (TPSA) is 59.5 Å². The van der Waals surface area contributed by atoms with Gasteiger partial charge in [0.1, 0.15) is 0 Å². The van der Waals surface area contributed by atoms with Gasteiger partial charge in [0.15, 0.2) is 5.65 Å². The van der Waals surface area contributed by atoms with E-state index >= 15 is 0 Å². The van der Waals surface area contributed by atoms with Crippen LogP contribution in [-0.4, -0.2) is 34.7 Å². The highest BCUT2D eigenvalue weighted by Crippen LogP contribution is 2.13. The van der Waals surface area contributed by atoms with Gasteiger partial charge in [0.2, 0.25) is 5.95 Å². The van der Waals surface area contributed by atoms with Crippen LogP contribution < -0.4 is 10.6 Å². The SMILES string of the molecule is CN(CCCN)c1nc2ccc(Cl)cn2n1. The quantitative estimate of drug-likeness (QED) is 0.870. The van der Waals surface area contributed by atoms with Crippen molar-refractivity contribution in [1.82, 2.24) is 14.6 Å². The van der Waals surface area contributed by atoms with Gasteiger partial charge in [-0.3, -0.25) is 0 Å². The largest absolute Gasteiger partial charge is 0.343 e. The van der Waals surface area contributed by atoms with Crippen molar-refractivity contribution in [3.63, 3.8) is 0 Å². The van der Waals surface area contributed by atoms with E-state index in [-0.39, 0.29) is 0 Å². The van der Waals surface area contributed by atoms with E-state index in [0.717, 1.165) is 18.6 Å². The highest BCUT2D eigenvalue weighted by Gasteiger charge is 2.07. The third-order valence-corrected chi connectivity index (χ3v) is 2.55. The van der Waals surface area contributed by atoms with Crippen LogP contribution in [0.15, 0.2) is 18.3 Å². The van der Waals surface area contributed by atoms with E-state index in [4.69, 9.17) is 17.3 Å². The third-order valence-electron chi connectivity index (χ3n) is 2.32. The van der Waals surface area contributed by atoms with Crippen molar-refractivity contribution in [3.05, 3.63) is 23.4 Å². The predicted molar refractivity (Wildman–Crippen MR) is 64.9 cm³/mol. The summed E-state index contributed by atoms with van der Waals surface area (Å²) in [6, 6.07) is 3.64. The maximum absolute atomic E-state index is 5.87. The number of hydrogen-bond acceptors (Lipinski definition) is 4. The van der Waals surface area contributed by atoms with Crippen LogP contribution in [0.4, 0.5) is 5.95 Å². The molecule has 0 amide bonds. The van der Waals surface area contributed by atoms with Crippen LogP contribution in [0.3, 0.4) is 0 Å². The molecule has 2 aromatic heterocycles. The first-order chi connectivity index (χ1) is 7.70. The summed E-state index contributed by atoms with van der Waals surface area (Å²) in [6.07, 6.45) is 2.66. The molecule has 0 aliphatic carbocycles. The van der Waals surface area contributed by atoms with E-state index < -0.39 is 0 Å². The smallest absolute Gasteiger partial charge is 0.245 e. The summed E-state index contributed by atoms with van der Waals surface area (Å²) in [5.41, 5.74) is 6.25. The third kappa shape index (κ3) is 2.25. The van der Waals surface area contributed by atoms with E-state index in [1.165, 1.54) is 0 Å². The zero-order valence-electron chi connectivity index (χ0n) is 9.10. The second kappa shape index (κ2) is 4.67. The summed E-state index contributed by atoms with van der Waals surface area (Å²) in [5.74, 6) is 0.690. The zero-order valence-corrected chi connectivity index (χ0v) is 9.85. The fourth-order valence-corrected chi connectivity index (χ4v) is 1.59. The Labute approximate surface area is 98.8 Å². The van der Waals surface area contributed by atoms with Gasteiger partial charge in [0.05, 0.1) is 5.02 Å². The van der Waals surface area contributed by atoms with Crippen LogP contribution in [0, 0.1) is 0 Å². The number of pyridine rings is 1. The summed E-state index contributed by atoms with van der Waals surface area (Å²) < 4.78 is 1.68. The van der Waals surface area contributed by atoms with E-state index in [9.17, 15) is 0 Å². The molecule has 0 radical (unpaired) electrons. The molecule has 0 unspecified atom stereocenters. The molecule has 0 fully saturated rings. The number of nitrogens with two attached hydrogens (primary N) is 1. The number of anilines is 1. The van der Waals surface area contributed by atoms with Crippen molar-refractivity contribution >= 4 is 23.2 Å². The number of fused-ring (bicyclic) bond motifs is 1. The maximum atomic E-state index is 5.87. The fraction of sp³-hybridized carbons (Fsp3) is 0.400. The lowest BCUT2D eigenvalue weighted by Crippen LogP contribution is -2.22. The van der Waals surface area contributed by atoms with Crippen molar-refractivity contribution in [3.8, 4) is 0 Å². The van der Waals surface area contributed by atoms with Gasteiger partial charge in [0.25, 0.3) is 0 Å². The van der Waals surface area contributed by atoms with Crippen molar-refractivity contribution in [1.29, 1.82) is 0 Å². The molecule has 16 heavy (non-hydrogen) atoms. The second-order valence-corrected chi connectivity index (χ2v) is 4.06. The minimum atomic E-state index is 0.647. The molecule has 0 bridgehead atoms. The average molecular weight is 240 g/mol. The van der Waals surface area contributed by atoms with Crippen LogP contribution in [0.5, 0.6) is 0 Å². The molecule has 2 N–H and O–H groups in total. The number of rotatable bonds is 4. The predicted octanol–water partition coefficient (Wildman–Crippen LogP) is 1.17. The van der Waals surface area contributed by atoms with Crippen molar-refractivity contribution in [2.45, 2.75) is 6.42 Å². The number of halogens is 1. The first-order valence-corrected chi connectivity index (χ1v) is 5.51. The summed E-state index contributed by atoms with van der Waals surface area (Å²) in [5, 5.41) is 4.98. The highest BCUT2D eigenvalue weighted by atomic mass is 35.5. The Balaban J connectivity index is 2.25. The Hall–Kier alpha value is -1.33. The van der Waals surface area contributed by atoms with Crippen LogP contribution in [0.25, 0.3) is 5.65 Å². The van der Waals surface area contributed by atoms with Crippen LogP contribution in [-0.2, 0) is 0 Å². The van der Waals surface area contributed by atoms with Gasteiger partial charge in [-0.05, 0) is 25.1 Å². The molecule has 2 rings (SSSR count). The lowest BCUT2D eigenvalue weighted by Gasteiger charge is -2.12. The van der Waals surface area contributed by atoms with Crippen molar-refractivity contribution in [2.24, 2.45) is 5.73 Å². The Morgan fingerprint density at radius 1 is 1.50 bits per heavy atom. The molecule has 0 saturated heterocycles. The zero-order chi connectivity index (χ0) is 11.5. The van der Waals surface area contributed by atoms with Gasteiger partial charge in [-0.2, -0.15) is 4.98 Å². The van der Waals surface area contributed by atoms with Gasteiger partial charge < -0.3 is 10.6 Å². The Bertz CT molecular complexity index is 481. The average Bonchev–Trinajstić information content (AvgIpc) is 2.68. The number of nitrogens with zero attached hydrogens (tertiary/aromatic N) is 4. The van der Waals surface area contributed by atoms with E-state index in [1.54, 1.807) is 16.8 Å². The first-order valence-electron chi connectivity index (χ1n) is 5.14. The molecule has 0 saturated carbocycles. The lowest BCUT2D eigenvalue weighted by atomic mass is 10.4.